The number of hydrogen-bond donors (Lipinski definition) is 1. The second-order valence-corrected chi connectivity index (χ2v) is 6.54. The number of ether oxygens (including phenoxy) is 1. The first kappa shape index (κ1) is 12.0. The van der Waals surface area contributed by atoms with Gasteiger partial charge in [0.1, 0.15) is 5.75 Å². The molecular weight excluding hydrogens is 222 g/mol. The van der Waals surface area contributed by atoms with Crippen molar-refractivity contribution >= 4 is 0 Å². The van der Waals surface area contributed by atoms with Crippen molar-refractivity contribution in [1.82, 2.24) is 5.32 Å². The van der Waals surface area contributed by atoms with Crippen LogP contribution in [0.4, 0.5) is 0 Å². The summed E-state index contributed by atoms with van der Waals surface area (Å²) in [4.78, 5) is 0. The molecule has 2 bridgehead atoms. The van der Waals surface area contributed by atoms with E-state index in [-0.39, 0.29) is 5.41 Å². The van der Waals surface area contributed by atoms with E-state index in [1.54, 1.807) is 7.11 Å². The van der Waals surface area contributed by atoms with Gasteiger partial charge in [-0.1, -0.05) is 26.8 Å². The van der Waals surface area contributed by atoms with Crippen molar-refractivity contribution in [3.05, 3.63) is 29.3 Å². The minimum atomic E-state index is 0.281. The van der Waals surface area contributed by atoms with Crippen LogP contribution in [0.3, 0.4) is 0 Å². The van der Waals surface area contributed by atoms with Crippen molar-refractivity contribution in [3.63, 3.8) is 0 Å². The highest BCUT2D eigenvalue weighted by Crippen LogP contribution is 2.53. The predicted octanol–water partition coefficient (Wildman–Crippen LogP) is 2.90. The lowest BCUT2D eigenvalue weighted by Crippen LogP contribution is -2.62. The normalized spacial score (nSPS) is 32.8. The van der Waals surface area contributed by atoms with Gasteiger partial charge in [-0.05, 0) is 48.1 Å². The van der Waals surface area contributed by atoms with Crippen LogP contribution in [0.15, 0.2) is 18.2 Å². The molecule has 1 aromatic rings. The molecule has 1 heterocycles. The average molecular weight is 245 g/mol. The Hall–Kier alpha value is -1.02. The summed E-state index contributed by atoms with van der Waals surface area (Å²) in [5.74, 6) is 0.982. The fourth-order valence-electron chi connectivity index (χ4n) is 3.89. The van der Waals surface area contributed by atoms with Crippen LogP contribution in [0.2, 0.25) is 0 Å². The molecule has 0 aromatic heterocycles. The quantitative estimate of drug-likeness (QED) is 0.821. The second kappa shape index (κ2) is 3.74. The molecule has 0 spiro atoms. The lowest BCUT2D eigenvalue weighted by Gasteiger charge is -2.57. The van der Waals surface area contributed by atoms with Gasteiger partial charge in [0, 0.05) is 11.5 Å². The third-order valence-corrected chi connectivity index (χ3v) is 5.64. The second-order valence-electron chi connectivity index (χ2n) is 6.54. The fourth-order valence-corrected chi connectivity index (χ4v) is 3.89. The molecule has 3 rings (SSSR count). The van der Waals surface area contributed by atoms with E-state index in [1.165, 1.54) is 17.5 Å². The Balaban J connectivity index is 2.17. The van der Waals surface area contributed by atoms with Crippen molar-refractivity contribution in [2.24, 2.45) is 5.41 Å². The Kier molecular flexibility index (Phi) is 2.50. The van der Waals surface area contributed by atoms with Gasteiger partial charge in [0.2, 0.25) is 0 Å². The molecule has 2 heteroatoms. The van der Waals surface area contributed by atoms with Gasteiger partial charge in [-0.3, -0.25) is 0 Å². The van der Waals surface area contributed by atoms with E-state index in [1.807, 2.05) is 0 Å². The van der Waals surface area contributed by atoms with E-state index in [2.05, 4.69) is 44.3 Å². The first-order valence-electron chi connectivity index (χ1n) is 6.90. The number of hydrogen-bond acceptors (Lipinski definition) is 2. The number of rotatable bonds is 1. The molecule has 1 aliphatic carbocycles. The zero-order valence-electron chi connectivity index (χ0n) is 11.8. The van der Waals surface area contributed by atoms with E-state index in [9.17, 15) is 0 Å². The smallest absolute Gasteiger partial charge is 0.119 e. The molecule has 1 saturated heterocycles. The van der Waals surface area contributed by atoms with Crippen LogP contribution in [-0.4, -0.2) is 19.7 Å². The summed E-state index contributed by atoms with van der Waals surface area (Å²) < 4.78 is 5.37. The Bertz CT molecular complexity index is 480. The van der Waals surface area contributed by atoms with Gasteiger partial charge >= 0.3 is 0 Å². The van der Waals surface area contributed by atoms with Gasteiger partial charge < -0.3 is 10.1 Å². The average Bonchev–Trinajstić information content (AvgIpc) is 2.33. The minimum absolute atomic E-state index is 0.281. The molecule has 18 heavy (non-hydrogen) atoms. The van der Waals surface area contributed by atoms with Gasteiger partial charge in [0.05, 0.1) is 7.11 Å². The van der Waals surface area contributed by atoms with Crippen molar-refractivity contribution < 1.29 is 4.74 Å². The topological polar surface area (TPSA) is 21.3 Å². The molecule has 2 atom stereocenters. The van der Waals surface area contributed by atoms with Gasteiger partial charge in [-0.2, -0.15) is 0 Å². The van der Waals surface area contributed by atoms with Crippen molar-refractivity contribution in [2.45, 2.75) is 45.1 Å². The number of benzene rings is 1. The fraction of sp³-hybridized carbons (Fsp3) is 0.625. The number of fused-ring (bicyclic) bond motifs is 4. The molecule has 1 aliphatic heterocycles. The Morgan fingerprint density at radius 1 is 1.28 bits per heavy atom. The molecule has 2 nitrogen and oxygen atoms in total. The predicted molar refractivity (Wildman–Crippen MR) is 74.2 cm³/mol. The van der Waals surface area contributed by atoms with Crippen molar-refractivity contribution in [3.8, 4) is 5.75 Å². The maximum absolute atomic E-state index is 5.37. The highest BCUT2D eigenvalue weighted by atomic mass is 16.5. The van der Waals surface area contributed by atoms with Crippen LogP contribution in [0.1, 0.15) is 38.3 Å². The Morgan fingerprint density at radius 2 is 2.06 bits per heavy atom. The van der Waals surface area contributed by atoms with Crippen LogP contribution in [-0.2, 0) is 11.8 Å². The lowest BCUT2D eigenvalue weighted by atomic mass is 9.51. The van der Waals surface area contributed by atoms with Crippen molar-refractivity contribution in [2.75, 3.05) is 13.7 Å². The number of piperidine rings is 1. The van der Waals surface area contributed by atoms with Crippen LogP contribution < -0.4 is 10.1 Å². The zero-order valence-corrected chi connectivity index (χ0v) is 11.8. The van der Waals surface area contributed by atoms with Crippen molar-refractivity contribution in [1.29, 1.82) is 0 Å². The van der Waals surface area contributed by atoms with E-state index in [4.69, 9.17) is 4.74 Å². The van der Waals surface area contributed by atoms with E-state index in [0.29, 0.717) is 11.5 Å². The molecule has 1 aromatic carbocycles. The molecule has 0 saturated carbocycles. The van der Waals surface area contributed by atoms with E-state index >= 15 is 0 Å². The van der Waals surface area contributed by atoms with E-state index < -0.39 is 0 Å². The Morgan fingerprint density at radius 3 is 2.78 bits per heavy atom. The van der Waals surface area contributed by atoms with Crippen LogP contribution >= 0.6 is 0 Å². The maximum Gasteiger partial charge on any atom is 0.119 e. The molecule has 1 fully saturated rings. The molecule has 98 valence electrons. The lowest BCUT2D eigenvalue weighted by molar-refractivity contribution is 0.0558. The largest absolute Gasteiger partial charge is 0.497 e. The standard InChI is InChI=1S/C16H23NO/c1-15(2)14-10-11-9-12(18-4)5-6-13(11)16(15,3)7-8-17-14/h5-6,9,14,17H,7-8,10H2,1-4H3/t14-,16?/m0/s1. The van der Waals surface area contributed by atoms with Crippen LogP contribution in [0.5, 0.6) is 5.75 Å². The minimum Gasteiger partial charge on any atom is -0.497 e. The first-order valence-corrected chi connectivity index (χ1v) is 6.90. The third-order valence-electron chi connectivity index (χ3n) is 5.64. The summed E-state index contributed by atoms with van der Waals surface area (Å²) in [6, 6.07) is 7.21. The van der Waals surface area contributed by atoms with Gasteiger partial charge in [-0.25, -0.2) is 0 Å². The summed E-state index contributed by atoms with van der Waals surface area (Å²) in [5.41, 5.74) is 3.59. The first-order chi connectivity index (χ1) is 8.49. The monoisotopic (exact) mass is 245 g/mol. The van der Waals surface area contributed by atoms with Gasteiger partial charge in [0.25, 0.3) is 0 Å². The summed E-state index contributed by atoms with van der Waals surface area (Å²) in [6.07, 6.45) is 2.34. The summed E-state index contributed by atoms with van der Waals surface area (Å²) in [7, 11) is 1.75. The third kappa shape index (κ3) is 1.38. The molecule has 2 aliphatic rings. The zero-order chi connectivity index (χ0) is 13.0. The molecule has 1 N–H and O–H groups in total. The number of methoxy groups -OCH3 is 1. The molecule has 0 amide bonds. The molecule has 1 unspecified atom stereocenters. The van der Waals surface area contributed by atoms with Gasteiger partial charge in [-0.15, -0.1) is 0 Å². The molecule has 0 radical (unpaired) electrons. The van der Waals surface area contributed by atoms with Crippen LogP contribution in [0.25, 0.3) is 0 Å². The Labute approximate surface area is 110 Å². The SMILES string of the molecule is COc1ccc2c(c1)C[C@@H]1NCCC2(C)C1(C)C. The van der Waals surface area contributed by atoms with Gasteiger partial charge in [0.15, 0.2) is 0 Å². The van der Waals surface area contributed by atoms with E-state index in [0.717, 1.165) is 18.7 Å². The molecular formula is C16H23NO. The summed E-state index contributed by atoms with van der Waals surface area (Å²) in [6.45, 7) is 8.40. The highest BCUT2D eigenvalue weighted by molar-refractivity contribution is 5.45. The van der Waals surface area contributed by atoms with Crippen LogP contribution in [0, 0.1) is 5.41 Å². The highest BCUT2D eigenvalue weighted by Gasteiger charge is 2.53. The number of nitrogens with one attached hydrogen (secondary N) is 1. The maximum atomic E-state index is 5.37. The summed E-state index contributed by atoms with van der Waals surface area (Å²) >= 11 is 0. The summed E-state index contributed by atoms with van der Waals surface area (Å²) in [5, 5.41) is 3.70.